The van der Waals surface area contributed by atoms with Crippen LogP contribution in [0.4, 0.5) is 5.82 Å². The van der Waals surface area contributed by atoms with Gasteiger partial charge in [0.25, 0.3) is 5.91 Å². The van der Waals surface area contributed by atoms with Crippen molar-refractivity contribution < 1.29 is 14.4 Å². The summed E-state index contributed by atoms with van der Waals surface area (Å²) in [5, 5.41) is 9.77. The molecule has 3 amide bonds. The third-order valence-corrected chi connectivity index (χ3v) is 5.77. The summed E-state index contributed by atoms with van der Waals surface area (Å²) in [6.07, 6.45) is 3.41. The standard InChI is InChI=1S/C24H23N5O3/c30-21(27-20-12-13-26-28(20)15-16-6-2-1-3-7-16)14-25-23(31)22-18-8-4-5-9-19(18)24(32)29(22)17-10-11-17/h1-9,12-13,17,22H,10-11,14-15H2,(H,25,31)(H,27,30). The second-order valence-electron chi connectivity index (χ2n) is 8.06. The molecule has 8 nitrogen and oxygen atoms in total. The number of fused-ring (bicyclic) bond motifs is 1. The van der Waals surface area contributed by atoms with Gasteiger partial charge in [-0.05, 0) is 30.0 Å². The van der Waals surface area contributed by atoms with Crippen molar-refractivity contribution in [3.63, 3.8) is 0 Å². The molecule has 1 saturated carbocycles. The lowest BCUT2D eigenvalue weighted by molar-refractivity contribution is -0.127. The van der Waals surface area contributed by atoms with Gasteiger partial charge in [-0.1, -0.05) is 48.5 Å². The van der Waals surface area contributed by atoms with Crippen molar-refractivity contribution in [2.75, 3.05) is 11.9 Å². The second-order valence-corrected chi connectivity index (χ2v) is 8.06. The normalized spacial score (nSPS) is 17.2. The number of nitrogens with one attached hydrogen (secondary N) is 2. The summed E-state index contributed by atoms with van der Waals surface area (Å²) in [5.74, 6) is -0.265. The lowest BCUT2D eigenvalue weighted by Gasteiger charge is -2.24. The van der Waals surface area contributed by atoms with Gasteiger partial charge in [0.15, 0.2) is 0 Å². The van der Waals surface area contributed by atoms with E-state index in [1.165, 1.54) is 0 Å². The van der Waals surface area contributed by atoms with Gasteiger partial charge in [-0.3, -0.25) is 14.4 Å². The molecule has 3 aromatic rings. The molecule has 162 valence electrons. The highest BCUT2D eigenvalue weighted by Gasteiger charge is 2.47. The summed E-state index contributed by atoms with van der Waals surface area (Å²) in [7, 11) is 0. The van der Waals surface area contributed by atoms with E-state index in [9.17, 15) is 14.4 Å². The van der Waals surface area contributed by atoms with E-state index in [4.69, 9.17) is 0 Å². The highest BCUT2D eigenvalue weighted by atomic mass is 16.2. The lowest BCUT2D eigenvalue weighted by Crippen LogP contribution is -2.42. The molecule has 5 rings (SSSR count). The first-order valence-electron chi connectivity index (χ1n) is 10.7. The third-order valence-electron chi connectivity index (χ3n) is 5.77. The summed E-state index contributed by atoms with van der Waals surface area (Å²) in [6.45, 7) is 0.327. The van der Waals surface area contributed by atoms with E-state index in [1.54, 1.807) is 34.0 Å². The van der Waals surface area contributed by atoms with Crippen molar-refractivity contribution in [1.29, 1.82) is 0 Å². The number of hydrogen-bond acceptors (Lipinski definition) is 4. The summed E-state index contributed by atoms with van der Waals surface area (Å²) in [5.41, 5.74) is 2.32. The Balaban J connectivity index is 1.23. The fourth-order valence-electron chi connectivity index (χ4n) is 4.11. The first-order chi connectivity index (χ1) is 15.6. The van der Waals surface area contributed by atoms with Crippen molar-refractivity contribution in [2.45, 2.75) is 31.5 Å². The maximum Gasteiger partial charge on any atom is 0.255 e. The van der Waals surface area contributed by atoms with Gasteiger partial charge in [-0.25, -0.2) is 4.68 Å². The number of carbonyl (C=O) groups excluding carboxylic acids is 3. The van der Waals surface area contributed by atoms with Gasteiger partial charge in [-0.15, -0.1) is 0 Å². The molecule has 1 aliphatic heterocycles. The molecule has 1 aliphatic carbocycles. The average Bonchev–Trinajstić information content (AvgIpc) is 3.49. The SMILES string of the molecule is O=C(CNC(=O)C1c2ccccc2C(=O)N1C1CC1)Nc1ccnn1Cc1ccccc1. The van der Waals surface area contributed by atoms with E-state index in [1.807, 2.05) is 42.5 Å². The van der Waals surface area contributed by atoms with Gasteiger partial charge in [-0.2, -0.15) is 5.10 Å². The molecule has 2 heterocycles. The molecule has 0 bridgehead atoms. The first kappa shape index (κ1) is 20.0. The van der Waals surface area contributed by atoms with E-state index in [0.717, 1.165) is 18.4 Å². The summed E-state index contributed by atoms with van der Waals surface area (Å²) in [6, 6.07) is 18.1. The zero-order chi connectivity index (χ0) is 22.1. The zero-order valence-electron chi connectivity index (χ0n) is 17.4. The second kappa shape index (κ2) is 8.30. The number of carbonyl (C=O) groups is 3. The van der Waals surface area contributed by atoms with Crippen molar-refractivity contribution in [3.8, 4) is 0 Å². The Hall–Kier alpha value is -3.94. The Morgan fingerprint density at radius 1 is 1.00 bits per heavy atom. The van der Waals surface area contributed by atoms with Crippen molar-refractivity contribution in [3.05, 3.63) is 83.6 Å². The van der Waals surface area contributed by atoms with E-state index in [0.29, 0.717) is 23.5 Å². The number of hydrogen-bond donors (Lipinski definition) is 2. The molecule has 0 spiro atoms. The van der Waals surface area contributed by atoms with E-state index in [-0.39, 0.29) is 30.3 Å². The first-order valence-corrected chi connectivity index (χ1v) is 10.7. The molecular formula is C24H23N5O3. The van der Waals surface area contributed by atoms with Gasteiger partial charge in [0.1, 0.15) is 11.9 Å². The van der Waals surface area contributed by atoms with E-state index in [2.05, 4.69) is 15.7 Å². The predicted molar refractivity (Wildman–Crippen MR) is 118 cm³/mol. The number of rotatable bonds is 7. The van der Waals surface area contributed by atoms with Gasteiger partial charge >= 0.3 is 0 Å². The van der Waals surface area contributed by atoms with E-state index < -0.39 is 6.04 Å². The average molecular weight is 429 g/mol. The van der Waals surface area contributed by atoms with Crippen LogP contribution < -0.4 is 10.6 Å². The molecular weight excluding hydrogens is 406 g/mol. The lowest BCUT2D eigenvalue weighted by atomic mass is 10.0. The highest BCUT2D eigenvalue weighted by Crippen LogP contribution is 2.41. The van der Waals surface area contributed by atoms with Gasteiger partial charge in [0.05, 0.1) is 19.3 Å². The van der Waals surface area contributed by atoms with Gasteiger partial charge in [0.2, 0.25) is 11.8 Å². The molecule has 1 unspecified atom stereocenters. The quantitative estimate of drug-likeness (QED) is 0.603. The number of aromatic nitrogens is 2. The number of benzene rings is 2. The van der Waals surface area contributed by atoms with Crippen LogP contribution in [0.1, 0.15) is 40.4 Å². The molecule has 1 aromatic heterocycles. The van der Waals surface area contributed by atoms with Crippen LogP contribution in [0.3, 0.4) is 0 Å². The third kappa shape index (κ3) is 3.87. The summed E-state index contributed by atoms with van der Waals surface area (Å²) < 4.78 is 1.69. The Bertz CT molecular complexity index is 1170. The predicted octanol–water partition coefficient (Wildman–Crippen LogP) is 2.35. The van der Waals surface area contributed by atoms with Crippen LogP contribution in [0.15, 0.2) is 66.9 Å². The van der Waals surface area contributed by atoms with Gasteiger partial charge in [0, 0.05) is 17.7 Å². The molecule has 1 fully saturated rings. The van der Waals surface area contributed by atoms with Crippen LogP contribution in [0.5, 0.6) is 0 Å². The number of anilines is 1. The Morgan fingerprint density at radius 2 is 1.75 bits per heavy atom. The fraction of sp³-hybridized carbons (Fsp3) is 0.250. The number of nitrogens with zero attached hydrogens (tertiary/aromatic N) is 3. The van der Waals surface area contributed by atoms with Crippen molar-refractivity contribution >= 4 is 23.5 Å². The van der Waals surface area contributed by atoms with Crippen molar-refractivity contribution in [2.24, 2.45) is 0 Å². The largest absolute Gasteiger partial charge is 0.345 e. The van der Waals surface area contributed by atoms with Crippen LogP contribution in [0.25, 0.3) is 0 Å². The van der Waals surface area contributed by atoms with Crippen LogP contribution in [0, 0.1) is 0 Å². The maximum atomic E-state index is 13.0. The molecule has 2 aliphatic rings. The topological polar surface area (TPSA) is 96.3 Å². The van der Waals surface area contributed by atoms with Crippen LogP contribution in [-0.2, 0) is 16.1 Å². The van der Waals surface area contributed by atoms with Crippen LogP contribution in [-0.4, -0.2) is 45.0 Å². The molecule has 1 atom stereocenters. The summed E-state index contributed by atoms with van der Waals surface area (Å²) in [4.78, 5) is 40.0. The van der Waals surface area contributed by atoms with E-state index >= 15 is 0 Å². The summed E-state index contributed by atoms with van der Waals surface area (Å²) >= 11 is 0. The maximum absolute atomic E-state index is 13.0. The molecule has 0 radical (unpaired) electrons. The van der Waals surface area contributed by atoms with Crippen LogP contribution >= 0.6 is 0 Å². The number of amides is 3. The van der Waals surface area contributed by atoms with Crippen molar-refractivity contribution in [1.82, 2.24) is 20.0 Å². The monoisotopic (exact) mass is 429 g/mol. The van der Waals surface area contributed by atoms with Gasteiger partial charge < -0.3 is 15.5 Å². The highest BCUT2D eigenvalue weighted by molar-refractivity contribution is 6.05. The molecule has 2 N–H and O–H groups in total. The van der Waals surface area contributed by atoms with Crippen LogP contribution in [0.2, 0.25) is 0 Å². The molecule has 0 saturated heterocycles. The zero-order valence-corrected chi connectivity index (χ0v) is 17.4. The minimum Gasteiger partial charge on any atom is -0.345 e. The minimum atomic E-state index is -0.692. The smallest absolute Gasteiger partial charge is 0.255 e. The fourth-order valence-corrected chi connectivity index (χ4v) is 4.11. The molecule has 2 aromatic carbocycles. The Kier molecular flexibility index (Phi) is 5.18. The molecule has 32 heavy (non-hydrogen) atoms. The minimum absolute atomic E-state index is 0.0896. The Morgan fingerprint density at radius 3 is 2.53 bits per heavy atom. The molecule has 8 heteroatoms. The Labute approximate surface area is 185 Å².